The molecule has 2 aromatic rings. The number of hydrogen-bond acceptors (Lipinski definition) is 4. The van der Waals surface area contributed by atoms with Gasteiger partial charge in [-0.25, -0.2) is 0 Å². The Balaban J connectivity index is 2.52. The van der Waals surface area contributed by atoms with Crippen molar-refractivity contribution in [3.05, 3.63) is 28.2 Å². The van der Waals surface area contributed by atoms with Crippen LogP contribution >= 0.6 is 27.5 Å². The Hall–Kier alpha value is -0.940. The number of rotatable bonds is 1. The molecule has 0 atom stereocenters. The normalized spacial score (nSPS) is 10.3. The molecule has 0 amide bonds. The van der Waals surface area contributed by atoms with Gasteiger partial charge in [0.1, 0.15) is 5.69 Å². The fraction of sp³-hybridized carbons (Fsp3) is 0. The first-order valence-electron chi connectivity index (χ1n) is 3.37. The van der Waals surface area contributed by atoms with E-state index in [0.717, 1.165) is 4.47 Å². The molecule has 0 N–H and O–H groups in total. The maximum atomic E-state index is 5.48. The lowest BCUT2D eigenvalue weighted by atomic mass is 10.3. The fourth-order valence-electron chi connectivity index (χ4n) is 0.851. The summed E-state index contributed by atoms with van der Waals surface area (Å²) in [5.41, 5.74) is 0.609. The predicted octanol–water partition coefficient (Wildman–Crippen LogP) is 2.55. The Morgan fingerprint density at radius 2 is 2.31 bits per heavy atom. The van der Waals surface area contributed by atoms with Crippen LogP contribution in [0.25, 0.3) is 11.5 Å². The van der Waals surface area contributed by atoms with Crippen LogP contribution in [0.5, 0.6) is 0 Å². The quantitative estimate of drug-likeness (QED) is 0.790. The molecule has 0 aliphatic carbocycles. The van der Waals surface area contributed by atoms with E-state index in [9.17, 15) is 0 Å². The molecule has 0 saturated carbocycles. The Bertz CT molecular complexity index is 431. The molecule has 6 heteroatoms. The van der Waals surface area contributed by atoms with Crippen LogP contribution in [0, 0.1) is 0 Å². The van der Waals surface area contributed by atoms with Crippen molar-refractivity contribution in [1.82, 2.24) is 15.1 Å². The molecule has 2 rings (SSSR count). The van der Waals surface area contributed by atoms with Crippen molar-refractivity contribution in [3.63, 3.8) is 0 Å². The second-order valence-corrected chi connectivity index (χ2v) is 3.38. The number of hydrogen-bond donors (Lipinski definition) is 0. The standard InChI is InChI=1S/C7H3BrClN3O/c8-4-2-1-3-10-5(4)6-11-7(9)13-12-6/h1-3H. The second-order valence-electron chi connectivity index (χ2n) is 2.20. The topological polar surface area (TPSA) is 51.8 Å². The highest BCUT2D eigenvalue weighted by Gasteiger charge is 2.10. The van der Waals surface area contributed by atoms with E-state index < -0.39 is 0 Å². The Morgan fingerprint density at radius 3 is 2.92 bits per heavy atom. The molecule has 0 saturated heterocycles. The lowest BCUT2D eigenvalue weighted by Gasteiger charge is -1.94. The van der Waals surface area contributed by atoms with E-state index in [0.29, 0.717) is 11.5 Å². The maximum Gasteiger partial charge on any atom is 0.320 e. The van der Waals surface area contributed by atoms with Gasteiger partial charge in [0.25, 0.3) is 0 Å². The van der Waals surface area contributed by atoms with Gasteiger partial charge in [0.15, 0.2) is 0 Å². The van der Waals surface area contributed by atoms with Crippen LogP contribution in [-0.2, 0) is 0 Å². The zero-order valence-electron chi connectivity index (χ0n) is 6.24. The van der Waals surface area contributed by atoms with Crippen LogP contribution in [0.2, 0.25) is 5.35 Å². The fourth-order valence-corrected chi connectivity index (χ4v) is 1.40. The van der Waals surface area contributed by atoms with Crippen molar-refractivity contribution in [2.75, 3.05) is 0 Å². The number of nitrogens with zero attached hydrogens (tertiary/aromatic N) is 3. The van der Waals surface area contributed by atoms with Gasteiger partial charge in [-0.1, -0.05) is 5.16 Å². The Labute approximate surface area is 87.1 Å². The van der Waals surface area contributed by atoms with Crippen LogP contribution < -0.4 is 0 Å². The predicted molar refractivity (Wildman–Crippen MR) is 50.2 cm³/mol. The molecule has 0 fully saturated rings. The highest BCUT2D eigenvalue weighted by Crippen LogP contribution is 2.23. The molecule has 2 aromatic heterocycles. The van der Waals surface area contributed by atoms with Gasteiger partial charge >= 0.3 is 5.35 Å². The number of aromatic nitrogens is 3. The van der Waals surface area contributed by atoms with Crippen LogP contribution in [0.3, 0.4) is 0 Å². The largest absolute Gasteiger partial charge is 0.321 e. The summed E-state index contributed by atoms with van der Waals surface area (Å²) < 4.78 is 5.42. The first-order valence-corrected chi connectivity index (χ1v) is 4.54. The molecule has 0 unspecified atom stereocenters. The van der Waals surface area contributed by atoms with Crippen LogP contribution in [0.1, 0.15) is 0 Å². The summed E-state index contributed by atoms with van der Waals surface area (Å²) >= 11 is 8.79. The molecule has 0 radical (unpaired) electrons. The number of halogens is 2. The Kier molecular flexibility index (Phi) is 2.28. The van der Waals surface area contributed by atoms with Crippen LogP contribution in [-0.4, -0.2) is 15.1 Å². The van der Waals surface area contributed by atoms with Gasteiger partial charge in [-0.3, -0.25) is 4.98 Å². The lowest BCUT2D eigenvalue weighted by molar-refractivity contribution is 0.420. The van der Waals surface area contributed by atoms with E-state index in [2.05, 4.69) is 35.6 Å². The van der Waals surface area contributed by atoms with Crippen molar-refractivity contribution in [1.29, 1.82) is 0 Å². The molecular weight excluding hydrogens is 257 g/mol. The summed E-state index contributed by atoms with van der Waals surface area (Å²) in [7, 11) is 0. The van der Waals surface area contributed by atoms with Gasteiger partial charge in [0, 0.05) is 10.7 Å². The first-order chi connectivity index (χ1) is 6.27. The monoisotopic (exact) mass is 259 g/mol. The molecular formula is C7H3BrClN3O. The zero-order valence-corrected chi connectivity index (χ0v) is 8.58. The van der Waals surface area contributed by atoms with E-state index in [4.69, 9.17) is 11.6 Å². The number of pyridine rings is 1. The smallest absolute Gasteiger partial charge is 0.320 e. The molecule has 2 heterocycles. The van der Waals surface area contributed by atoms with Gasteiger partial charge < -0.3 is 4.52 Å². The Morgan fingerprint density at radius 1 is 1.46 bits per heavy atom. The van der Waals surface area contributed by atoms with Crippen LogP contribution in [0.15, 0.2) is 27.3 Å². The molecule has 0 aliphatic heterocycles. The van der Waals surface area contributed by atoms with Gasteiger partial charge in [0.05, 0.1) is 0 Å². The molecule has 0 bridgehead atoms. The molecule has 0 spiro atoms. The van der Waals surface area contributed by atoms with Gasteiger partial charge in [0.2, 0.25) is 5.82 Å². The third-order valence-electron chi connectivity index (χ3n) is 1.37. The average molecular weight is 260 g/mol. The molecule has 4 nitrogen and oxygen atoms in total. The molecule has 0 aliphatic rings. The van der Waals surface area contributed by atoms with E-state index in [-0.39, 0.29) is 5.35 Å². The summed E-state index contributed by atoms with van der Waals surface area (Å²) in [4.78, 5) is 7.91. The summed E-state index contributed by atoms with van der Waals surface area (Å²) in [5, 5.41) is 3.64. The minimum absolute atomic E-state index is 0.00699. The summed E-state index contributed by atoms with van der Waals surface area (Å²) in [6.07, 6.45) is 1.64. The minimum atomic E-state index is 0.00699. The second kappa shape index (κ2) is 3.43. The van der Waals surface area contributed by atoms with Gasteiger partial charge in [-0.2, -0.15) is 4.98 Å². The minimum Gasteiger partial charge on any atom is -0.321 e. The summed E-state index contributed by atoms with van der Waals surface area (Å²) in [6, 6.07) is 3.64. The van der Waals surface area contributed by atoms with Crippen molar-refractivity contribution < 1.29 is 4.52 Å². The van der Waals surface area contributed by atoms with Crippen molar-refractivity contribution in [3.8, 4) is 11.5 Å². The van der Waals surface area contributed by atoms with Crippen molar-refractivity contribution >= 4 is 27.5 Å². The first kappa shape index (κ1) is 8.65. The highest BCUT2D eigenvalue weighted by molar-refractivity contribution is 9.10. The third kappa shape index (κ3) is 1.71. The van der Waals surface area contributed by atoms with E-state index >= 15 is 0 Å². The van der Waals surface area contributed by atoms with Gasteiger partial charge in [-0.05, 0) is 39.7 Å². The third-order valence-corrected chi connectivity index (χ3v) is 2.16. The maximum absolute atomic E-state index is 5.48. The SMILES string of the molecule is Clc1nc(-c2ncccc2Br)no1. The van der Waals surface area contributed by atoms with Crippen LogP contribution in [0.4, 0.5) is 0 Å². The van der Waals surface area contributed by atoms with E-state index in [1.165, 1.54) is 0 Å². The molecule has 13 heavy (non-hydrogen) atoms. The van der Waals surface area contributed by atoms with E-state index in [1.54, 1.807) is 12.3 Å². The average Bonchev–Trinajstić information content (AvgIpc) is 2.53. The van der Waals surface area contributed by atoms with E-state index in [1.807, 2.05) is 6.07 Å². The highest BCUT2D eigenvalue weighted by atomic mass is 79.9. The summed E-state index contributed by atoms with van der Waals surface area (Å²) in [6.45, 7) is 0. The van der Waals surface area contributed by atoms with Crippen molar-refractivity contribution in [2.45, 2.75) is 0 Å². The molecule has 0 aromatic carbocycles. The molecule has 66 valence electrons. The lowest BCUT2D eigenvalue weighted by Crippen LogP contribution is -1.85. The van der Waals surface area contributed by atoms with Gasteiger partial charge in [-0.15, -0.1) is 0 Å². The summed E-state index contributed by atoms with van der Waals surface area (Å²) in [5.74, 6) is 0.373. The van der Waals surface area contributed by atoms with Crippen molar-refractivity contribution in [2.24, 2.45) is 0 Å². The zero-order chi connectivity index (χ0) is 9.26.